The molecule has 0 saturated carbocycles. The van der Waals surface area contributed by atoms with Crippen molar-refractivity contribution in [2.24, 2.45) is 0 Å². The molecule has 29 heavy (non-hydrogen) atoms. The predicted molar refractivity (Wildman–Crippen MR) is 113 cm³/mol. The van der Waals surface area contributed by atoms with Crippen LogP contribution in [0.15, 0.2) is 60.1 Å². The van der Waals surface area contributed by atoms with Crippen LogP contribution in [0.4, 0.5) is 0 Å². The van der Waals surface area contributed by atoms with Gasteiger partial charge in [0.15, 0.2) is 0 Å². The largest absolute Gasteiger partial charge is 0.317 e. The van der Waals surface area contributed by atoms with Gasteiger partial charge in [-0.2, -0.15) is 5.10 Å². The van der Waals surface area contributed by atoms with Crippen LogP contribution < -0.4 is 0 Å². The highest BCUT2D eigenvalue weighted by atomic mass is 32.2. The van der Waals surface area contributed by atoms with E-state index in [1.807, 2.05) is 39.7 Å². The molecule has 0 unspecified atom stereocenters. The van der Waals surface area contributed by atoms with Gasteiger partial charge < -0.3 is 4.57 Å². The number of benzene rings is 1. The van der Waals surface area contributed by atoms with Gasteiger partial charge in [-0.05, 0) is 24.6 Å². The van der Waals surface area contributed by atoms with Gasteiger partial charge >= 0.3 is 0 Å². The summed E-state index contributed by atoms with van der Waals surface area (Å²) in [4.78, 5) is 6.58. The van der Waals surface area contributed by atoms with E-state index in [4.69, 9.17) is 0 Å². The monoisotopic (exact) mass is 415 g/mol. The van der Waals surface area contributed by atoms with Crippen molar-refractivity contribution in [3.63, 3.8) is 0 Å². The summed E-state index contributed by atoms with van der Waals surface area (Å²) >= 11 is 0. The van der Waals surface area contributed by atoms with Gasteiger partial charge in [0.05, 0.1) is 24.2 Å². The predicted octanol–water partition coefficient (Wildman–Crippen LogP) is 2.64. The third-order valence-electron chi connectivity index (χ3n) is 5.06. The van der Waals surface area contributed by atoms with Crippen LogP contribution in [-0.4, -0.2) is 51.5 Å². The molecule has 8 heteroatoms. The molecule has 2 aromatic heterocycles. The molecule has 156 valence electrons. The van der Waals surface area contributed by atoms with Crippen molar-refractivity contribution in [1.82, 2.24) is 24.2 Å². The van der Waals surface area contributed by atoms with Crippen molar-refractivity contribution >= 4 is 9.84 Å². The number of hydrogen-bond donors (Lipinski definition) is 0. The van der Waals surface area contributed by atoms with Gasteiger partial charge in [0.25, 0.3) is 0 Å². The Bertz CT molecular complexity index is 982. The summed E-state index contributed by atoms with van der Waals surface area (Å²) in [6.07, 6.45) is 6.20. The zero-order valence-corrected chi connectivity index (χ0v) is 17.9. The number of likely N-dealkylation sites (N-methyl/N-ethyl adjacent to an activating group) is 1. The minimum absolute atomic E-state index is 0.0472. The maximum absolute atomic E-state index is 12.6. The fraction of sp³-hybridized carbons (Fsp3) is 0.429. The zero-order valence-electron chi connectivity index (χ0n) is 17.1. The first-order valence-electron chi connectivity index (χ1n) is 10.0. The fourth-order valence-corrected chi connectivity index (χ4v) is 4.29. The van der Waals surface area contributed by atoms with E-state index in [0.717, 1.165) is 31.7 Å². The number of aryl methyl sites for hydroxylation is 1. The van der Waals surface area contributed by atoms with Gasteiger partial charge in [-0.1, -0.05) is 44.2 Å². The Labute approximate surface area is 172 Å². The van der Waals surface area contributed by atoms with Crippen molar-refractivity contribution in [2.75, 3.05) is 18.8 Å². The zero-order chi connectivity index (χ0) is 20.7. The van der Waals surface area contributed by atoms with Crippen molar-refractivity contribution in [2.45, 2.75) is 45.1 Å². The Hall–Kier alpha value is -2.45. The lowest BCUT2D eigenvalue weighted by molar-refractivity contribution is 0.256. The quantitative estimate of drug-likeness (QED) is 0.481. The molecule has 0 N–H and O–H groups in total. The molecule has 0 fully saturated rings. The van der Waals surface area contributed by atoms with Crippen LogP contribution in [0.5, 0.6) is 0 Å². The summed E-state index contributed by atoms with van der Waals surface area (Å²) in [5.74, 6) is 0.0472. The number of nitrogens with zero attached hydrogens (tertiary/aromatic N) is 5. The van der Waals surface area contributed by atoms with Crippen LogP contribution in [0.25, 0.3) is 0 Å². The second-order valence-electron chi connectivity index (χ2n) is 6.96. The highest BCUT2D eigenvalue weighted by Gasteiger charge is 2.22. The summed E-state index contributed by atoms with van der Waals surface area (Å²) in [5, 5.41) is 4.43. The van der Waals surface area contributed by atoms with Crippen LogP contribution >= 0.6 is 0 Å². The topological polar surface area (TPSA) is 73.0 Å². The van der Waals surface area contributed by atoms with Gasteiger partial charge in [0, 0.05) is 32.0 Å². The first-order valence-corrected chi connectivity index (χ1v) is 11.7. The molecule has 1 aromatic carbocycles. The van der Waals surface area contributed by atoms with Gasteiger partial charge in [0.1, 0.15) is 0 Å². The van der Waals surface area contributed by atoms with Gasteiger partial charge in [-0.25, -0.2) is 13.4 Å². The van der Waals surface area contributed by atoms with Crippen LogP contribution in [0, 0.1) is 0 Å². The third-order valence-corrected chi connectivity index (χ3v) is 6.71. The number of aromatic nitrogens is 4. The normalized spacial score (nSPS) is 12.0. The Kier molecular flexibility index (Phi) is 7.22. The standard InChI is InChI=1S/C21H29N5O2S/c1-3-24(15-16-25-13-8-12-23-25)18-20-17-22-21(29(27,28)4-2)26(20)14-11-19-9-6-5-7-10-19/h5-10,12-13,17H,3-4,11,14-16,18H2,1-2H3. The van der Waals surface area contributed by atoms with E-state index < -0.39 is 9.84 Å². The molecule has 0 aliphatic heterocycles. The summed E-state index contributed by atoms with van der Waals surface area (Å²) in [6, 6.07) is 12.0. The minimum atomic E-state index is -3.38. The van der Waals surface area contributed by atoms with Gasteiger partial charge in [-0.15, -0.1) is 0 Å². The smallest absolute Gasteiger partial charge is 0.227 e. The van der Waals surface area contributed by atoms with E-state index in [1.54, 1.807) is 19.3 Å². The van der Waals surface area contributed by atoms with Crippen molar-refractivity contribution < 1.29 is 8.42 Å². The van der Waals surface area contributed by atoms with Crippen LogP contribution in [0.1, 0.15) is 25.1 Å². The van der Waals surface area contributed by atoms with Crippen molar-refractivity contribution in [3.8, 4) is 0 Å². The van der Waals surface area contributed by atoms with E-state index in [1.165, 1.54) is 5.56 Å². The summed E-state index contributed by atoms with van der Waals surface area (Å²) < 4.78 is 28.9. The molecule has 0 atom stereocenters. The molecule has 0 saturated heterocycles. The average molecular weight is 416 g/mol. The van der Waals surface area contributed by atoms with Gasteiger partial charge in [-0.3, -0.25) is 9.58 Å². The van der Waals surface area contributed by atoms with Crippen LogP contribution in [-0.2, 0) is 35.9 Å². The molecule has 3 rings (SSSR count). The lowest BCUT2D eigenvalue weighted by Crippen LogP contribution is -2.28. The highest BCUT2D eigenvalue weighted by Crippen LogP contribution is 2.16. The molecule has 3 aromatic rings. The molecule has 0 aliphatic rings. The first-order chi connectivity index (χ1) is 14.0. The number of imidazole rings is 1. The van der Waals surface area contributed by atoms with Crippen molar-refractivity contribution in [3.05, 3.63) is 66.2 Å². The first kappa shape index (κ1) is 21.3. The Morgan fingerprint density at radius 2 is 1.86 bits per heavy atom. The molecular weight excluding hydrogens is 386 g/mol. The second kappa shape index (κ2) is 9.84. The summed E-state index contributed by atoms with van der Waals surface area (Å²) in [7, 11) is -3.38. The number of sulfone groups is 1. The lowest BCUT2D eigenvalue weighted by atomic mass is 10.1. The number of rotatable bonds is 11. The molecule has 0 radical (unpaired) electrons. The SMILES string of the molecule is CCN(CCn1cccn1)Cc1cnc(S(=O)(=O)CC)n1CCc1ccccc1. The molecule has 0 spiro atoms. The molecule has 0 amide bonds. The van der Waals surface area contributed by atoms with E-state index in [-0.39, 0.29) is 10.9 Å². The maximum Gasteiger partial charge on any atom is 0.227 e. The van der Waals surface area contributed by atoms with Crippen LogP contribution in [0.2, 0.25) is 0 Å². The van der Waals surface area contributed by atoms with E-state index in [9.17, 15) is 8.42 Å². The molecule has 0 bridgehead atoms. The second-order valence-corrected chi connectivity index (χ2v) is 9.13. The maximum atomic E-state index is 12.6. The molecular formula is C21H29N5O2S. The Morgan fingerprint density at radius 1 is 1.07 bits per heavy atom. The van der Waals surface area contributed by atoms with Crippen LogP contribution in [0.3, 0.4) is 0 Å². The fourth-order valence-electron chi connectivity index (χ4n) is 3.27. The Morgan fingerprint density at radius 3 is 2.52 bits per heavy atom. The van der Waals surface area contributed by atoms with E-state index in [2.05, 4.69) is 34.0 Å². The average Bonchev–Trinajstić information content (AvgIpc) is 3.40. The van der Waals surface area contributed by atoms with Gasteiger partial charge in [0.2, 0.25) is 15.0 Å². The molecule has 0 aliphatic carbocycles. The minimum Gasteiger partial charge on any atom is -0.317 e. The number of hydrogen-bond acceptors (Lipinski definition) is 5. The van der Waals surface area contributed by atoms with E-state index in [0.29, 0.717) is 13.1 Å². The van der Waals surface area contributed by atoms with E-state index >= 15 is 0 Å². The Balaban J connectivity index is 1.78. The van der Waals surface area contributed by atoms with Crippen molar-refractivity contribution in [1.29, 1.82) is 0 Å². The summed E-state index contributed by atoms with van der Waals surface area (Å²) in [5.41, 5.74) is 2.10. The molecule has 7 nitrogen and oxygen atoms in total. The summed E-state index contributed by atoms with van der Waals surface area (Å²) in [6.45, 7) is 7.49. The highest BCUT2D eigenvalue weighted by molar-refractivity contribution is 7.91. The lowest BCUT2D eigenvalue weighted by Gasteiger charge is -2.21. The molecule has 2 heterocycles. The third kappa shape index (κ3) is 5.55.